The molecule has 11 heteroatoms. The summed E-state index contributed by atoms with van der Waals surface area (Å²) in [7, 11) is 0. The number of carbonyl (C=O) groups is 2. The summed E-state index contributed by atoms with van der Waals surface area (Å²) in [4.78, 5) is 36.3. The van der Waals surface area contributed by atoms with Gasteiger partial charge in [0.05, 0.1) is 24.5 Å². The molecule has 41 heavy (non-hydrogen) atoms. The lowest BCUT2D eigenvalue weighted by molar-refractivity contribution is 0.0302. The molecule has 0 saturated carbocycles. The maximum Gasteiger partial charge on any atom is 0.319 e. The number of benzene rings is 1. The van der Waals surface area contributed by atoms with Crippen LogP contribution < -0.4 is 16.0 Å². The summed E-state index contributed by atoms with van der Waals surface area (Å²) >= 11 is 0. The monoisotopic (exact) mass is 555 g/mol. The number of hydrogen-bond donors (Lipinski definition) is 3. The third-order valence-corrected chi connectivity index (χ3v) is 7.51. The number of urea groups is 1. The van der Waals surface area contributed by atoms with Crippen LogP contribution in [0, 0.1) is 6.92 Å². The SMILES string of the molecule is Cc1c(NC(=O)NC2CCOCC2)cccc1-c1cc(Nc2ccc(C(=O)N3CCOCC3)cn2)c2nccn2c1. The minimum atomic E-state index is -0.216. The molecule has 0 spiro atoms. The van der Waals surface area contributed by atoms with E-state index in [0.29, 0.717) is 50.9 Å². The van der Waals surface area contributed by atoms with E-state index in [2.05, 4.69) is 25.9 Å². The summed E-state index contributed by atoms with van der Waals surface area (Å²) in [6.45, 7) is 5.60. The normalized spacial score (nSPS) is 16.0. The Morgan fingerprint density at radius 2 is 1.78 bits per heavy atom. The lowest BCUT2D eigenvalue weighted by atomic mass is 10.00. The number of hydrogen-bond acceptors (Lipinski definition) is 7. The number of fused-ring (bicyclic) bond motifs is 1. The number of pyridine rings is 2. The summed E-state index contributed by atoms with van der Waals surface area (Å²) in [6, 6.07) is 11.4. The molecule has 0 aliphatic carbocycles. The average Bonchev–Trinajstić information content (AvgIpc) is 3.48. The van der Waals surface area contributed by atoms with Crippen molar-refractivity contribution in [2.24, 2.45) is 0 Å². The van der Waals surface area contributed by atoms with Gasteiger partial charge in [0.25, 0.3) is 5.91 Å². The highest BCUT2D eigenvalue weighted by Crippen LogP contribution is 2.32. The maximum absolute atomic E-state index is 12.8. The number of nitrogens with one attached hydrogen (secondary N) is 3. The lowest BCUT2D eigenvalue weighted by Crippen LogP contribution is -2.41. The molecule has 11 nitrogen and oxygen atoms in total. The van der Waals surface area contributed by atoms with E-state index in [1.807, 2.05) is 48.0 Å². The van der Waals surface area contributed by atoms with E-state index >= 15 is 0 Å². The number of carbonyl (C=O) groups excluding carboxylic acids is 2. The number of aromatic nitrogens is 3. The second-order valence-electron chi connectivity index (χ2n) is 10.2. The summed E-state index contributed by atoms with van der Waals surface area (Å²) < 4.78 is 12.7. The standard InChI is InChI=1S/C30H33N7O4/c1-20-24(3-2-4-25(20)35-30(39)33-23-7-13-40-14-8-23)22-17-26(28-31-9-10-37(28)19-22)34-27-6-5-21(18-32-27)29(38)36-11-15-41-16-12-36/h2-6,9-10,17-19,23H,7-8,11-16H2,1H3,(H,32,34)(H2,33,35,39). The van der Waals surface area contributed by atoms with Crippen LogP contribution in [-0.2, 0) is 9.47 Å². The van der Waals surface area contributed by atoms with Gasteiger partial charge >= 0.3 is 6.03 Å². The van der Waals surface area contributed by atoms with Crippen molar-refractivity contribution >= 4 is 34.8 Å². The molecule has 2 aliphatic rings. The van der Waals surface area contributed by atoms with E-state index in [1.165, 1.54) is 0 Å². The van der Waals surface area contributed by atoms with Crippen LogP contribution >= 0.6 is 0 Å². The van der Waals surface area contributed by atoms with E-state index in [0.717, 1.165) is 46.6 Å². The second-order valence-corrected chi connectivity index (χ2v) is 10.2. The van der Waals surface area contributed by atoms with E-state index < -0.39 is 0 Å². The van der Waals surface area contributed by atoms with Crippen LogP contribution in [0.3, 0.4) is 0 Å². The van der Waals surface area contributed by atoms with E-state index in [1.54, 1.807) is 29.4 Å². The Bertz CT molecular complexity index is 1540. The highest BCUT2D eigenvalue weighted by Gasteiger charge is 2.20. The lowest BCUT2D eigenvalue weighted by Gasteiger charge is -2.26. The predicted octanol–water partition coefficient (Wildman–Crippen LogP) is 4.22. The number of anilines is 3. The molecule has 3 N–H and O–H groups in total. The first-order valence-electron chi connectivity index (χ1n) is 13.9. The fourth-order valence-corrected chi connectivity index (χ4v) is 5.22. The summed E-state index contributed by atoms with van der Waals surface area (Å²) in [6.07, 6.45) is 8.87. The van der Waals surface area contributed by atoms with Gasteiger partial charge in [0.1, 0.15) is 5.82 Å². The number of morpholine rings is 1. The van der Waals surface area contributed by atoms with Crippen LogP contribution in [-0.4, -0.2) is 76.8 Å². The van der Waals surface area contributed by atoms with Crippen molar-refractivity contribution in [3.63, 3.8) is 0 Å². The number of amides is 3. The fourth-order valence-electron chi connectivity index (χ4n) is 5.22. The van der Waals surface area contributed by atoms with Crippen LogP contribution in [0.5, 0.6) is 0 Å². The average molecular weight is 556 g/mol. The molecule has 2 fully saturated rings. The molecule has 0 radical (unpaired) electrons. The van der Waals surface area contributed by atoms with E-state index in [4.69, 9.17) is 9.47 Å². The Hall–Kier alpha value is -4.48. The topological polar surface area (TPSA) is 122 Å². The van der Waals surface area contributed by atoms with Crippen LogP contribution in [0.15, 0.2) is 61.2 Å². The molecule has 212 valence electrons. The maximum atomic E-state index is 12.8. The van der Waals surface area contributed by atoms with Crippen LogP contribution in [0.1, 0.15) is 28.8 Å². The van der Waals surface area contributed by atoms with Gasteiger partial charge in [-0.1, -0.05) is 12.1 Å². The van der Waals surface area contributed by atoms with Crippen molar-refractivity contribution in [3.8, 4) is 11.1 Å². The van der Waals surface area contributed by atoms with Crippen molar-refractivity contribution in [1.29, 1.82) is 0 Å². The molecule has 6 rings (SSSR count). The Balaban J connectivity index is 1.22. The van der Waals surface area contributed by atoms with Crippen molar-refractivity contribution < 1.29 is 19.1 Å². The molecule has 3 amide bonds. The minimum absolute atomic E-state index is 0.0459. The number of ether oxygens (including phenoxy) is 2. The molecule has 0 bridgehead atoms. The quantitative estimate of drug-likeness (QED) is 0.326. The first-order chi connectivity index (χ1) is 20.0. The smallest absolute Gasteiger partial charge is 0.319 e. The zero-order valence-electron chi connectivity index (χ0n) is 22.9. The van der Waals surface area contributed by atoms with E-state index in [-0.39, 0.29) is 18.0 Å². The molecular weight excluding hydrogens is 522 g/mol. The van der Waals surface area contributed by atoms with Crippen LogP contribution in [0.4, 0.5) is 22.0 Å². The van der Waals surface area contributed by atoms with Gasteiger partial charge in [-0.2, -0.15) is 0 Å². The second kappa shape index (κ2) is 11.9. The molecule has 2 saturated heterocycles. The molecule has 3 aromatic heterocycles. The first-order valence-corrected chi connectivity index (χ1v) is 13.9. The highest BCUT2D eigenvalue weighted by molar-refractivity contribution is 5.94. The van der Waals surface area contributed by atoms with Gasteiger partial charge < -0.3 is 34.7 Å². The van der Waals surface area contributed by atoms with Gasteiger partial charge in [-0.05, 0) is 55.2 Å². The zero-order valence-corrected chi connectivity index (χ0v) is 22.9. The van der Waals surface area contributed by atoms with Crippen LogP contribution in [0.25, 0.3) is 16.8 Å². The van der Waals surface area contributed by atoms with Gasteiger partial charge in [0.15, 0.2) is 5.65 Å². The Kier molecular flexibility index (Phi) is 7.79. The van der Waals surface area contributed by atoms with Crippen molar-refractivity contribution in [2.45, 2.75) is 25.8 Å². The summed E-state index contributed by atoms with van der Waals surface area (Å²) in [5.41, 5.74) is 5.67. The largest absolute Gasteiger partial charge is 0.381 e. The van der Waals surface area contributed by atoms with Gasteiger partial charge in [-0.25, -0.2) is 14.8 Å². The minimum Gasteiger partial charge on any atom is -0.381 e. The highest BCUT2D eigenvalue weighted by atomic mass is 16.5. The molecule has 2 aliphatic heterocycles. The van der Waals surface area contributed by atoms with Crippen molar-refractivity contribution in [3.05, 3.63) is 72.3 Å². The number of nitrogens with zero attached hydrogens (tertiary/aromatic N) is 4. The Morgan fingerprint density at radius 3 is 2.56 bits per heavy atom. The van der Waals surface area contributed by atoms with Crippen molar-refractivity contribution in [1.82, 2.24) is 24.6 Å². The molecular formula is C30H33N7O4. The van der Waals surface area contributed by atoms with Gasteiger partial charge in [0, 0.05) is 68.4 Å². The summed E-state index contributed by atoms with van der Waals surface area (Å²) in [5, 5.41) is 9.44. The molecule has 0 atom stereocenters. The third kappa shape index (κ3) is 6.01. The molecule has 0 unspecified atom stereocenters. The number of imidazole rings is 1. The summed E-state index contributed by atoms with van der Waals surface area (Å²) in [5.74, 6) is 0.554. The number of rotatable bonds is 6. The molecule has 1 aromatic carbocycles. The van der Waals surface area contributed by atoms with Gasteiger partial charge in [-0.15, -0.1) is 0 Å². The fraction of sp³-hybridized carbons (Fsp3) is 0.333. The molecule has 5 heterocycles. The van der Waals surface area contributed by atoms with E-state index in [9.17, 15) is 9.59 Å². The Labute approximate surface area is 237 Å². The van der Waals surface area contributed by atoms with Crippen LogP contribution in [0.2, 0.25) is 0 Å². The van der Waals surface area contributed by atoms with Gasteiger partial charge in [-0.3, -0.25) is 4.79 Å². The third-order valence-electron chi connectivity index (χ3n) is 7.51. The van der Waals surface area contributed by atoms with Gasteiger partial charge in [0.2, 0.25) is 0 Å². The van der Waals surface area contributed by atoms with Crippen molar-refractivity contribution in [2.75, 3.05) is 50.2 Å². The molecule has 4 aromatic rings. The predicted molar refractivity (Wildman–Crippen MR) is 156 cm³/mol. The Morgan fingerprint density at radius 1 is 0.976 bits per heavy atom. The first kappa shape index (κ1) is 26.7. The zero-order chi connectivity index (χ0) is 28.2.